The van der Waals surface area contributed by atoms with Gasteiger partial charge in [0.15, 0.2) is 0 Å². The number of piperidine rings is 1. The Bertz CT molecular complexity index is 1140. The maximum Gasteiger partial charge on any atom is 0.416 e. The van der Waals surface area contributed by atoms with Crippen LogP contribution in [0.2, 0.25) is 0 Å². The molecule has 2 fully saturated rings. The summed E-state index contributed by atoms with van der Waals surface area (Å²) in [5, 5.41) is 3.51. The van der Waals surface area contributed by atoms with Gasteiger partial charge >= 0.3 is 6.18 Å². The quantitative estimate of drug-likeness (QED) is 0.711. The molecule has 1 aromatic heterocycles. The highest BCUT2D eigenvalue weighted by Crippen LogP contribution is 2.44. The number of hydrogen-bond acceptors (Lipinski definition) is 7. The summed E-state index contributed by atoms with van der Waals surface area (Å²) in [5.41, 5.74) is 0.429. The van der Waals surface area contributed by atoms with E-state index in [4.69, 9.17) is 9.72 Å². The Kier molecular flexibility index (Phi) is 5.02. The highest BCUT2D eigenvalue weighted by atomic mass is 19.4. The lowest BCUT2D eigenvalue weighted by Gasteiger charge is -2.36. The first-order valence-corrected chi connectivity index (χ1v) is 11.5. The maximum atomic E-state index is 13.4. The number of nitrogens with zero attached hydrogens (tertiary/aromatic N) is 5. The summed E-state index contributed by atoms with van der Waals surface area (Å²) in [6.07, 6.45) is 5.06. The summed E-state index contributed by atoms with van der Waals surface area (Å²) in [6, 6.07) is 7.89. The van der Waals surface area contributed by atoms with Crippen LogP contribution in [0.5, 0.6) is 0 Å². The molecule has 1 aromatic carbocycles. The third-order valence-corrected chi connectivity index (χ3v) is 7.43. The Morgan fingerprint density at radius 2 is 1.91 bits per heavy atom. The molecule has 1 N–H and O–H groups in total. The minimum absolute atomic E-state index is 0.300. The van der Waals surface area contributed by atoms with Gasteiger partial charge in [0.05, 0.1) is 11.3 Å². The van der Waals surface area contributed by atoms with Gasteiger partial charge in [-0.1, -0.05) is 12.1 Å². The average molecular weight is 470 g/mol. The molecule has 10 heteroatoms. The van der Waals surface area contributed by atoms with Gasteiger partial charge in [-0.3, -0.25) is 4.90 Å². The second-order valence-corrected chi connectivity index (χ2v) is 9.40. The number of anilines is 1. The van der Waals surface area contributed by atoms with E-state index in [9.17, 15) is 13.2 Å². The van der Waals surface area contributed by atoms with Crippen LogP contribution in [0.25, 0.3) is 0 Å². The van der Waals surface area contributed by atoms with Crippen LogP contribution in [0.4, 0.5) is 19.1 Å². The van der Waals surface area contributed by atoms with Crippen LogP contribution in [0.15, 0.2) is 54.0 Å². The molecule has 5 heterocycles. The summed E-state index contributed by atoms with van der Waals surface area (Å²) in [4.78, 5) is 18.1. The van der Waals surface area contributed by atoms with Crippen molar-refractivity contribution >= 4 is 12.0 Å². The lowest BCUT2D eigenvalue weighted by molar-refractivity contribution is -0.137. The molecule has 0 spiro atoms. The normalized spacial score (nSPS) is 30.3. The third-order valence-electron chi connectivity index (χ3n) is 7.43. The molecule has 178 valence electrons. The van der Waals surface area contributed by atoms with Crippen LogP contribution in [0, 0.1) is 0 Å². The highest BCUT2D eigenvalue weighted by Gasteiger charge is 2.43. The van der Waals surface area contributed by atoms with Gasteiger partial charge in [0, 0.05) is 30.5 Å². The second-order valence-electron chi connectivity index (χ2n) is 9.40. The lowest BCUT2D eigenvalue weighted by Crippen LogP contribution is -2.44. The molecule has 2 bridgehead atoms. The van der Waals surface area contributed by atoms with Gasteiger partial charge in [-0.15, -0.1) is 0 Å². The number of benzene rings is 1. The van der Waals surface area contributed by atoms with Crippen molar-refractivity contribution in [2.75, 3.05) is 12.4 Å². The molecule has 2 aromatic rings. The van der Waals surface area contributed by atoms with Crippen molar-refractivity contribution in [3.05, 3.63) is 65.8 Å². The molecule has 2 saturated heterocycles. The predicted octanol–water partition coefficient (Wildman–Crippen LogP) is 4.49. The van der Waals surface area contributed by atoms with Crippen molar-refractivity contribution in [2.24, 2.45) is 4.99 Å². The van der Waals surface area contributed by atoms with Crippen molar-refractivity contribution in [1.29, 1.82) is 0 Å². The average Bonchev–Trinajstić information content (AvgIpc) is 3.45. The molecule has 4 aliphatic rings. The standard InChI is InChI=1S/C24H25F3N6O/c1-32-17-5-6-18(32)13-16(12-17)29-22-28-8-7-19(30-22)21-20(31-23-33(21)9-10-34-23)14-3-2-4-15(11-14)24(25,26)27/h2-4,7-11,16-18,20-21H,5-6,12-13H2,1H3,(H,28,29,30)/t16-,17+,18-,20?,21?. The number of hydrogen-bond donors (Lipinski definition) is 1. The van der Waals surface area contributed by atoms with E-state index in [2.05, 4.69) is 27.2 Å². The lowest BCUT2D eigenvalue weighted by atomic mass is 9.95. The molecule has 0 amide bonds. The van der Waals surface area contributed by atoms with Crippen LogP contribution < -0.4 is 5.32 Å². The van der Waals surface area contributed by atoms with Crippen molar-refractivity contribution in [1.82, 2.24) is 19.8 Å². The smallest absolute Gasteiger partial charge is 0.416 e. The van der Waals surface area contributed by atoms with Crippen molar-refractivity contribution in [3.8, 4) is 0 Å². The zero-order valence-corrected chi connectivity index (χ0v) is 18.6. The number of ether oxygens (including phenoxy) is 1. The first-order valence-electron chi connectivity index (χ1n) is 11.5. The van der Waals surface area contributed by atoms with E-state index in [0.717, 1.165) is 25.0 Å². The largest absolute Gasteiger partial charge is 0.432 e. The van der Waals surface area contributed by atoms with Crippen LogP contribution in [0.3, 0.4) is 0 Å². The number of amidine groups is 1. The summed E-state index contributed by atoms with van der Waals surface area (Å²) in [6.45, 7) is 0. The Morgan fingerprint density at radius 3 is 2.68 bits per heavy atom. The number of nitrogens with one attached hydrogen (secondary N) is 1. The number of aromatic nitrogens is 2. The molecule has 6 rings (SSSR count). The minimum atomic E-state index is -4.43. The zero-order valence-electron chi connectivity index (χ0n) is 18.6. The molecule has 0 saturated carbocycles. The summed E-state index contributed by atoms with van der Waals surface area (Å²) < 4.78 is 45.5. The Balaban J connectivity index is 1.29. The molecule has 34 heavy (non-hydrogen) atoms. The fourth-order valence-electron chi connectivity index (χ4n) is 5.71. The summed E-state index contributed by atoms with van der Waals surface area (Å²) >= 11 is 0. The molecular weight excluding hydrogens is 445 g/mol. The van der Waals surface area contributed by atoms with E-state index in [0.29, 0.717) is 41.4 Å². The van der Waals surface area contributed by atoms with Crippen molar-refractivity contribution < 1.29 is 17.9 Å². The fraction of sp³-hybridized carbons (Fsp3) is 0.458. The van der Waals surface area contributed by atoms with Gasteiger partial charge in [0.2, 0.25) is 5.95 Å². The monoisotopic (exact) mass is 470 g/mol. The molecule has 0 aliphatic carbocycles. The minimum Gasteiger partial charge on any atom is -0.432 e. The second kappa shape index (κ2) is 7.97. The van der Waals surface area contributed by atoms with E-state index in [-0.39, 0.29) is 0 Å². The summed E-state index contributed by atoms with van der Waals surface area (Å²) in [7, 11) is 2.20. The molecule has 5 atom stereocenters. The number of aliphatic imine (C=N–C) groups is 1. The number of fused-ring (bicyclic) bond motifs is 3. The first-order chi connectivity index (χ1) is 16.4. The van der Waals surface area contributed by atoms with Crippen molar-refractivity contribution in [3.63, 3.8) is 0 Å². The van der Waals surface area contributed by atoms with Gasteiger partial charge in [-0.25, -0.2) is 15.0 Å². The van der Waals surface area contributed by atoms with Crippen LogP contribution in [-0.4, -0.2) is 51.0 Å². The fourth-order valence-corrected chi connectivity index (χ4v) is 5.71. The maximum absolute atomic E-state index is 13.4. The molecule has 2 unspecified atom stereocenters. The number of alkyl halides is 3. The SMILES string of the molecule is CN1[C@@H]2CC[C@H]1C[C@@H](Nc1nccc(C3C(c4cccc(C(F)(F)F)c4)N=C4OC=CN43)n1)C2. The number of halogens is 3. The van der Waals surface area contributed by atoms with E-state index in [1.165, 1.54) is 25.2 Å². The molecular formula is C24H25F3N6O. The third kappa shape index (κ3) is 3.70. The molecule has 4 aliphatic heterocycles. The first kappa shape index (κ1) is 21.4. The Hall–Kier alpha value is -3.14. The zero-order chi connectivity index (χ0) is 23.4. The van der Waals surface area contributed by atoms with Crippen LogP contribution in [0.1, 0.15) is 54.6 Å². The van der Waals surface area contributed by atoms with Gasteiger partial charge < -0.3 is 15.0 Å². The van der Waals surface area contributed by atoms with Gasteiger partial charge in [0.1, 0.15) is 18.3 Å². The number of rotatable bonds is 4. The van der Waals surface area contributed by atoms with Crippen molar-refractivity contribution in [2.45, 2.75) is 62.1 Å². The Labute approximate surface area is 195 Å². The van der Waals surface area contributed by atoms with Crippen LogP contribution >= 0.6 is 0 Å². The highest BCUT2D eigenvalue weighted by molar-refractivity contribution is 5.80. The van der Waals surface area contributed by atoms with Crippen LogP contribution in [-0.2, 0) is 10.9 Å². The van der Waals surface area contributed by atoms with Gasteiger partial charge in [-0.05, 0) is 56.5 Å². The van der Waals surface area contributed by atoms with E-state index in [1.54, 1.807) is 24.5 Å². The van der Waals surface area contributed by atoms with Gasteiger partial charge in [0.25, 0.3) is 6.02 Å². The molecule has 0 radical (unpaired) electrons. The van der Waals surface area contributed by atoms with E-state index >= 15 is 0 Å². The molecule has 7 nitrogen and oxygen atoms in total. The predicted molar refractivity (Wildman–Crippen MR) is 120 cm³/mol. The topological polar surface area (TPSA) is 65.9 Å². The van der Waals surface area contributed by atoms with E-state index < -0.39 is 23.8 Å². The summed E-state index contributed by atoms with van der Waals surface area (Å²) in [5.74, 6) is 0.534. The Morgan fingerprint density at radius 1 is 1.12 bits per heavy atom. The van der Waals surface area contributed by atoms with E-state index in [1.807, 2.05) is 4.90 Å². The van der Waals surface area contributed by atoms with Gasteiger partial charge in [-0.2, -0.15) is 13.2 Å².